The number of pyridine rings is 1. The van der Waals surface area contributed by atoms with Gasteiger partial charge in [-0.2, -0.15) is 0 Å². The number of nitrogens with two attached hydrogens (primary N) is 1. The van der Waals surface area contributed by atoms with Gasteiger partial charge in [-0.15, -0.1) is 0 Å². The number of allylic oxidation sites excluding steroid dienone is 3. The van der Waals surface area contributed by atoms with E-state index in [0.717, 1.165) is 35.6 Å². The first kappa shape index (κ1) is 14.4. The number of hydrogen-bond donors (Lipinski definition) is 1. The maximum Gasteiger partial charge on any atom is 0.247 e. The standard InChI is InChI=1S/C17H17N3O2/c1-20-15-10-12(5-7-13-4-2-3-9-19-13)6-8-16(15)22-11-14(18)17(20)21/h2-4,9-10,14H,6,8,11,18H2,1H3. The number of nitrogens with zero attached hydrogens (tertiary/aromatic N) is 2. The molecule has 22 heavy (non-hydrogen) atoms. The third-order valence-corrected chi connectivity index (χ3v) is 3.68. The lowest BCUT2D eigenvalue weighted by Gasteiger charge is -2.22. The summed E-state index contributed by atoms with van der Waals surface area (Å²) < 4.78 is 5.66. The van der Waals surface area contributed by atoms with Crippen LogP contribution in [-0.2, 0) is 9.53 Å². The van der Waals surface area contributed by atoms with Crippen LogP contribution in [0.2, 0.25) is 0 Å². The van der Waals surface area contributed by atoms with Crippen LogP contribution in [0.4, 0.5) is 0 Å². The lowest BCUT2D eigenvalue weighted by Crippen LogP contribution is -2.42. The molecule has 2 aliphatic rings. The van der Waals surface area contributed by atoms with Crippen molar-refractivity contribution in [2.75, 3.05) is 13.7 Å². The van der Waals surface area contributed by atoms with E-state index in [0.29, 0.717) is 0 Å². The summed E-state index contributed by atoms with van der Waals surface area (Å²) >= 11 is 0. The molecule has 0 saturated carbocycles. The van der Waals surface area contributed by atoms with Crippen molar-refractivity contribution in [3.8, 4) is 11.8 Å². The summed E-state index contributed by atoms with van der Waals surface area (Å²) in [5, 5.41) is 0. The van der Waals surface area contributed by atoms with Crippen molar-refractivity contribution >= 4 is 5.91 Å². The summed E-state index contributed by atoms with van der Waals surface area (Å²) in [6, 6.07) is 5.01. The van der Waals surface area contributed by atoms with Gasteiger partial charge >= 0.3 is 0 Å². The molecule has 112 valence electrons. The number of rotatable bonds is 0. The van der Waals surface area contributed by atoms with Gasteiger partial charge in [0.2, 0.25) is 5.91 Å². The van der Waals surface area contributed by atoms with Crippen molar-refractivity contribution in [2.45, 2.75) is 18.9 Å². The molecule has 0 spiro atoms. The fourth-order valence-corrected chi connectivity index (χ4v) is 2.43. The van der Waals surface area contributed by atoms with E-state index in [4.69, 9.17) is 10.5 Å². The van der Waals surface area contributed by atoms with E-state index in [1.807, 2.05) is 24.3 Å². The van der Waals surface area contributed by atoms with E-state index in [-0.39, 0.29) is 12.5 Å². The number of carbonyl (C=O) groups excluding carboxylic acids is 1. The summed E-state index contributed by atoms with van der Waals surface area (Å²) in [6.45, 7) is 0.227. The second-order valence-electron chi connectivity index (χ2n) is 5.26. The molecule has 2 heterocycles. The second-order valence-corrected chi connectivity index (χ2v) is 5.26. The quantitative estimate of drug-likeness (QED) is 0.730. The molecular formula is C17H17N3O2. The number of likely N-dealkylation sites (N-methyl/N-ethyl adjacent to an activating group) is 1. The molecule has 0 saturated heterocycles. The molecule has 1 amide bonds. The molecule has 5 heteroatoms. The van der Waals surface area contributed by atoms with Crippen LogP contribution in [0.25, 0.3) is 0 Å². The van der Waals surface area contributed by atoms with E-state index in [2.05, 4.69) is 16.8 Å². The van der Waals surface area contributed by atoms with Gasteiger partial charge in [-0.3, -0.25) is 4.79 Å². The molecule has 1 aliphatic carbocycles. The van der Waals surface area contributed by atoms with Crippen LogP contribution in [0, 0.1) is 11.8 Å². The zero-order valence-electron chi connectivity index (χ0n) is 12.4. The Morgan fingerprint density at radius 1 is 1.36 bits per heavy atom. The Hall–Kier alpha value is -2.58. The Morgan fingerprint density at radius 3 is 3.00 bits per heavy atom. The fraction of sp³-hybridized carbons (Fsp3) is 0.294. The highest BCUT2D eigenvalue weighted by Crippen LogP contribution is 2.28. The minimum absolute atomic E-state index is 0.139. The number of amides is 1. The number of carbonyl (C=O) groups is 1. The molecule has 0 fully saturated rings. The third kappa shape index (κ3) is 2.87. The first-order valence-corrected chi connectivity index (χ1v) is 7.18. The van der Waals surface area contributed by atoms with E-state index in [9.17, 15) is 4.79 Å². The summed E-state index contributed by atoms with van der Waals surface area (Å²) in [6.07, 6.45) is 5.13. The second kappa shape index (κ2) is 6.04. The van der Waals surface area contributed by atoms with E-state index in [1.54, 1.807) is 18.1 Å². The van der Waals surface area contributed by atoms with E-state index >= 15 is 0 Å². The first-order valence-electron chi connectivity index (χ1n) is 7.18. The average molecular weight is 295 g/mol. The average Bonchev–Trinajstić information content (AvgIpc) is 2.66. The summed E-state index contributed by atoms with van der Waals surface area (Å²) in [5.41, 5.74) is 8.24. The normalized spacial score (nSPS) is 21.2. The lowest BCUT2D eigenvalue weighted by atomic mass is 10.0. The van der Waals surface area contributed by atoms with Crippen LogP contribution in [0.3, 0.4) is 0 Å². The zero-order valence-corrected chi connectivity index (χ0v) is 12.4. The zero-order chi connectivity index (χ0) is 15.5. The van der Waals surface area contributed by atoms with Crippen LogP contribution in [0.15, 0.2) is 47.5 Å². The smallest absolute Gasteiger partial charge is 0.247 e. The summed E-state index contributed by atoms with van der Waals surface area (Å²) in [7, 11) is 1.72. The van der Waals surface area contributed by atoms with Gasteiger partial charge in [-0.25, -0.2) is 4.98 Å². The molecule has 1 aromatic heterocycles. The highest BCUT2D eigenvalue weighted by atomic mass is 16.5. The van der Waals surface area contributed by atoms with Crippen molar-refractivity contribution in [1.29, 1.82) is 0 Å². The van der Waals surface area contributed by atoms with Crippen LogP contribution in [0.5, 0.6) is 0 Å². The summed E-state index contributed by atoms with van der Waals surface area (Å²) in [4.78, 5) is 17.8. The lowest BCUT2D eigenvalue weighted by molar-refractivity contribution is -0.129. The minimum atomic E-state index is -0.618. The van der Waals surface area contributed by atoms with E-state index < -0.39 is 6.04 Å². The van der Waals surface area contributed by atoms with Crippen LogP contribution >= 0.6 is 0 Å². The molecule has 2 N–H and O–H groups in total. The van der Waals surface area contributed by atoms with Crippen LogP contribution < -0.4 is 5.73 Å². The molecule has 0 bridgehead atoms. The Bertz CT molecular complexity index is 710. The SMILES string of the molecule is CN1C(=O)C(N)COC2=C1C=C(C#Cc1ccccn1)CC2. The van der Waals surface area contributed by atoms with Crippen molar-refractivity contribution in [1.82, 2.24) is 9.88 Å². The summed E-state index contributed by atoms with van der Waals surface area (Å²) in [5.74, 6) is 6.84. The van der Waals surface area contributed by atoms with Crippen LogP contribution in [-0.4, -0.2) is 35.5 Å². The predicted molar refractivity (Wildman–Crippen MR) is 82.2 cm³/mol. The van der Waals surface area contributed by atoms with Gasteiger partial charge in [-0.05, 0) is 30.6 Å². The molecule has 1 aromatic rings. The van der Waals surface area contributed by atoms with Gasteiger partial charge in [0.25, 0.3) is 0 Å². The first-order chi connectivity index (χ1) is 10.6. The Balaban J connectivity index is 1.88. The maximum absolute atomic E-state index is 12.1. The van der Waals surface area contributed by atoms with Gasteiger partial charge in [0.05, 0.1) is 5.70 Å². The molecule has 1 atom stereocenters. The number of aromatic nitrogens is 1. The minimum Gasteiger partial charge on any atom is -0.494 e. The monoisotopic (exact) mass is 295 g/mol. The van der Waals surface area contributed by atoms with Gasteiger partial charge in [0, 0.05) is 25.2 Å². The highest BCUT2D eigenvalue weighted by molar-refractivity contribution is 5.84. The fourth-order valence-electron chi connectivity index (χ4n) is 2.43. The van der Waals surface area contributed by atoms with Crippen molar-refractivity contribution in [3.05, 3.63) is 53.2 Å². The topological polar surface area (TPSA) is 68.5 Å². The predicted octanol–water partition coefficient (Wildman–Crippen LogP) is 1.18. The van der Waals surface area contributed by atoms with E-state index in [1.165, 1.54) is 0 Å². The van der Waals surface area contributed by atoms with Gasteiger partial charge in [0.1, 0.15) is 24.1 Å². The van der Waals surface area contributed by atoms with Gasteiger partial charge in [-0.1, -0.05) is 12.0 Å². The Labute approximate surface area is 129 Å². The molecule has 0 radical (unpaired) electrons. The molecule has 1 unspecified atom stereocenters. The van der Waals surface area contributed by atoms with Crippen LogP contribution in [0.1, 0.15) is 18.5 Å². The third-order valence-electron chi connectivity index (χ3n) is 3.68. The van der Waals surface area contributed by atoms with Crippen molar-refractivity contribution in [3.63, 3.8) is 0 Å². The number of hydrogen-bond acceptors (Lipinski definition) is 4. The Morgan fingerprint density at radius 2 is 2.23 bits per heavy atom. The van der Waals surface area contributed by atoms with Crippen molar-refractivity contribution < 1.29 is 9.53 Å². The largest absolute Gasteiger partial charge is 0.494 e. The maximum atomic E-state index is 12.1. The molecule has 5 nitrogen and oxygen atoms in total. The van der Waals surface area contributed by atoms with Gasteiger partial charge in [0.15, 0.2) is 0 Å². The molecule has 3 rings (SSSR count). The Kier molecular flexibility index (Phi) is 3.94. The molecule has 1 aliphatic heterocycles. The molecular weight excluding hydrogens is 278 g/mol. The highest BCUT2D eigenvalue weighted by Gasteiger charge is 2.29. The number of ether oxygens (including phenoxy) is 1. The molecule has 0 aromatic carbocycles. The van der Waals surface area contributed by atoms with Crippen molar-refractivity contribution in [2.24, 2.45) is 5.73 Å². The van der Waals surface area contributed by atoms with Gasteiger partial charge < -0.3 is 15.4 Å².